The number of hydrogen-bond acceptors (Lipinski definition) is 2. The lowest BCUT2D eigenvalue weighted by atomic mass is 9.79. The van der Waals surface area contributed by atoms with Gasteiger partial charge in [0.25, 0.3) is 0 Å². The van der Waals surface area contributed by atoms with Crippen LogP contribution < -0.4 is 10.5 Å². The molecular formula is C14H20BrNO. The summed E-state index contributed by atoms with van der Waals surface area (Å²) in [6, 6.07) is 4.25. The topological polar surface area (TPSA) is 35.2 Å². The summed E-state index contributed by atoms with van der Waals surface area (Å²) >= 11 is 3.56. The number of nitrogens with two attached hydrogens (primary N) is 1. The van der Waals surface area contributed by atoms with Crippen LogP contribution in [0.25, 0.3) is 0 Å². The molecule has 1 atom stereocenters. The Kier molecular flexibility index (Phi) is 4.10. The Bertz CT molecular complexity index is 401. The molecule has 1 fully saturated rings. The van der Waals surface area contributed by atoms with E-state index >= 15 is 0 Å². The molecule has 1 saturated carbocycles. The normalized spacial score (nSPS) is 17.6. The van der Waals surface area contributed by atoms with Crippen molar-refractivity contribution in [3.63, 3.8) is 0 Å². The first kappa shape index (κ1) is 12.9. The van der Waals surface area contributed by atoms with Crippen molar-refractivity contribution < 1.29 is 4.74 Å². The van der Waals surface area contributed by atoms with E-state index in [1.54, 1.807) is 7.11 Å². The Morgan fingerprint density at radius 3 is 2.71 bits per heavy atom. The molecule has 0 bridgehead atoms. The fourth-order valence-corrected chi connectivity index (χ4v) is 2.71. The lowest BCUT2D eigenvalue weighted by Crippen LogP contribution is -2.20. The van der Waals surface area contributed by atoms with Crippen molar-refractivity contribution in [1.29, 1.82) is 0 Å². The molecule has 1 aliphatic rings. The summed E-state index contributed by atoms with van der Waals surface area (Å²) in [6.07, 6.45) is 5.12. The van der Waals surface area contributed by atoms with Crippen LogP contribution in [0.5, 0.6) is 5.75 Å². The van der Waals surface area contributed by atoms with E-state index < -0.39 is 0 Å². The maximum Gasteiger partial charge on any atom is 0.123 e. The van der Waals surface area contributed by atoms with Gasteiger partial charge in [-0.15, -0.1) is 0 Å². The predicted molar refractivity (Wildman–Crippen MR) is 74.3 cm³/mol. The van der Waals surface area contributed by atoms with Crippen molar-refractivity contribution in [2.75, 3.05) is 7.11 Å². The van der Waals surface area contributed by atoms with Crippen LogP contribution in [0.2, 0.25) is 0 Å². The van der Waals surface area contributed by atoms with Gasteiger partial charge in [0.05, 0.1) is 7.11 Å². The van der Waals surface area contributed by atoms with Crippen molar-refractivity contribution in [2.45, 2.75) is 38.6 Å². The van der Waals surface area contributed by atoms with Crippen molar-refractivity contribution in [3.05, 3.63) is 27.7 Å². The van der Waals surface area contributed by atoms with Gasteiger partial charge in [-0.2, -0.15) is 0 Å². The maximum absolute atomic E-state index is 6.30. The average Bonchev–Trinajstić information content (AvgIpc) is 2.26. The largest absolute Gasteiger partial charge is 0.496 e. The molecule has 1 aliphatic carbocycles. The Morgan fingerprint density at radius 1 is 1.47 bits per heavy atom. The van der Waals surface area contributed by atoms with E-state index in [9.17, 15) is 0 Å². The third kappa shape index (κ3) is 2.83. The molecule has 2 N–H and O–H groups in total. The van der Waals surface area contributed by atoms with E-state index in [4.69, 9.17) is 10.5 Å². The molecule has 3 heteroatoms. The van der Waals surface area contributed by atoms with E-state index in [-0.39, 0.29) is 6.04 Å². The van der Waals surface area contributed by atoms with Gasteiger partial charge in [-0.25, -0.2) is 0 Å². The van der Waals surface area contributed by atoms with Crippen LogP contribution in [0.15, 0.2) is 16.6 Å². The van der Waals surface area contributed by atoms with Gasteiger partial charge in [0.15, 0.2) is 0 Å². The second-order valence-electron chi connectivity index (χ2n) is 4.98. The zero-order valence-corrected chi connectivity index (χ0v) is 12.1. The molecule has 0 spiro atoms. The van der Waals surface area contributed by atoms with Crippen LogP contribution in [0.1, 0.15) is 42.9 Å². The number of benzene rings is 1. The fourth-order valence-electron chi connectivity index (χ4n) is 2.35. The lowest BCUT2D eigenvalue weighted by Gasteiger charge is -2.29. The Labute approximate surface area is 112 Å². The Hall–Kier alpha value is -0.540. The number of methoxy groups -OCH3 is 1. The number of aryl methyl sites for hydroxylation is 1. The van der Waals surface area contributed by atoms with Crippen LogP contribution >= 0.6 is 15.9 Å². The molecule has 2 nitrogen and oxygen atoms in total. The molecule has 0 saturated heterocycles. The van der Waals surface area contributed by atoms with Crippen molar-refractivity contribution in [2.24, 2.45) is 11.7 Å². The summed E-state index contributed by atoms with van der Waals surface area (Å²) < 4.78 is 6.54. The minimum Gasteiger partial charge on any atom is -0.496 e. The molecule has 0 heterocycles. The molecule has 1 aromatic rings. The highest BCUT2D eigenvalue weighted by molar-refractivity contribution is 9.10. The van der Waals surface area contributed by atoms with E-state index in [0.717, 1.165) is 28.1 Å². The van der Waals surface area contributed by atoms with Crippen LogP contribution in [-0.2, 0) is 0 Å². The number of hydrogen-bond donors (Lipinski definition) is 1. The summed E-state index contributed by atoms with van der Waals surface area (Å²) in [5.74, 6) is 1.73. The van der Waals surface area contributed by atoms with Crippen molar-refractivity contribution in [1.82, 2.24) is 0 Å². The van der Waals surface area contributed by atoms with Crippen LogP contribution in [0.4, 0.5) is 0 Å². The smallest absolute Gasteiger partial charge is 0.123 e. The highest BCUT2D eigenvalue weighted by Crippen LogP contribution is 2.37. The molecule has 0 radical (unpaired) electrons. The van der Waals surface area contributed by atoms with Crippen molar-refractivity contribution in [3.8, 4) is 5.75 Å². The first-order valence-corrected chi connectivity index (χ1v) is 7.00. The maximum atomic E-state index is 6.30. The number of rotatable bonds is 4. The van der Waals surface area contributed by atoms with E-state index in [0.29, 0.717) is 0 Å². The molecule has 0 aromatic heterocycles. The second-order valence-corrected chi connectivity index (χ2v) is 5.84. The monoisotopic (exact) mass is 297 g/mol. The standard InChI is InChI=1S/C14H20BrNO/c1-9-6-14(17-2)11(8-12(9)15)13(16)7-10-4-3-5-10/h6,8,10,13H,3-5,7,16H2,1-2H3. The highest BCUT2D eigenvalue weighted by atomic mass is 79.9. The summed E-state index contributed by atoms with van der Waals surface area (Å²) in [5, 5.41) is 0. The zero-order chi connectivity index (χ0) is 12.4. The van der Waals surface area contributed by atoms with Gasteiger partial charge in [0.1, 0.15) is 5.75 Å². The Balaban J connectivity index is 2.19. The van der Waals surface area contributed by atoms with E-state index in [2.05, 4.69) is 35.0 Å². The highest BCUT2D eigenvalue weighted by Gasteiger charge is 2.23. The minimum absolute atomic E-state index is 0.0900. The van der Waals surface area contributed by atoms with Gasteiger partial charge in [0.2, 0.25) is 0 Å². The van der Waals surface area contributed by atoms with Crippen molar-refractivity contribution >= 4 is 15.9 Å². The number of halogens is 1. The van der Waals surface area contributed by atoms with E-state index in [1.165, 1.54) is 24.8 Å². The molecular weight excluding hydrogens is 278 g/mol. The first-order valence-electron chi connectivity index (χ1n) is 6.21. The predicted octanol–water partition coefficient (Wildman–Crippen LogP) is 3.96. The zero-order valence-electron chi connectivity index (χ0n) is 10.5. The van der Waals surface area contributed by atoms with Gasteiger partial charge in [-0.3, -0.25) is 0 Å². The van der Waals surface area contributed by atoms with Gasteiger partial charge in [0, 0.05) is 16.1 Å². The molecule has 1 unspecified atom stereocenters. The average molecular weight is 298 g/mol. The minimum atomic E-state index is 0.0900. The van der Waals surface area contributed by atoms with Gasteiger partial charge >= 0.3 is 0 Å². The molecule has 2 rings (SSSR count). The summed E-state index contributed by atoms with van der Waals surface area (Å²) in [7, 11) is 1.71. The second kappa shape index (κ2) is 5.40. The first-order chi connectivity index (χ1) is 8.11. The van der Waals surface area contributed by atoms with Crippen LogP contribution in [0.3, 0.4) is 0 Å². The molecule has 0 aliphatic heterocycles. The number of ether oxygens (including phenoxy) is 1. The van der Waals surface area contributed by atoms with E-state index in [1.807, 2.05) is 0 Å². The quantitative estimate of drug-likeness (QED) is 0.913. The molecule has 1 aromatic carbocycles. The molecule has 0 amide bonds. The third-order valence-electron chi connectivity index (χ3n) is 3.72. The van der Waals surface area contributed by atoms with Crippen LogP contribution in [-0.4, -0.2) is 7.11 Å². The molecule has 94 valence electrons. The summed E-state index contributed by atoms with van der Waals surface area (Å²) in [6.45, 7) is 2.06. The Morgan fingerprint density at radius 2 is 2.18 bits per heavy atom. The summed E-state index contributed by atoms with van der Waals surface area (Å²) in [4.78, 5) is 0. The lowest BCUT2D eigenvalue weighted by molar-refractivity contribution is 0.275. The van der Waals surface area contributed by atoms with Gasteiger partial charge in [-0.1, -0.05) is 35.2 Å². The molecule has 17 heavy (non-hydrogen) atoms. The fraction of sp³-hybridized carbons (Fsp3) is 0.571. The van der Waals surface area contributed by atoms with Crippen LogP contribution in [0, 0.1) is 12.8 Å². The van der Waals surface area contributed by atoms with Gasteiger partial charge in [-0.05, 0) is 37.0 Å². The summed E-state index contributed by atoms with van der Waals surface area (Å²) in [5.41, 5.74) is 8.60. The van der Waals surface area contributed by atoms with Gasteiger partial charge < -0.3 is 10.5 Å². The third-order valence-corrected chi connectivity index (χ3v) is 4.58. The SMILES string of the molecule is COc1cc(C)c(Br)cc1C(N)CC1CCC1.